The summed E-state index contributed by atoms with van der Waals surface area (Å²) < 4.78 is 9.45. The van der Waals surface area contributed by atoms with Crippen LogP contribution in [0.5, 0.6) is 0 Å². The highest BCUT2D eigenvalue weighted by Crippen LogP contribution is 2.29. The number of hydrogen-bond acceptors (Lipinski definition) is 4. The summed E-state index contributed by atoms with van der Waals surface area (Å²) in [4.78, 5) is 21.6. The van der Waals surface area contributed by atoms with Gasteiger partial charge in [-0.15, -0.1) is 0 Å². The van der Waals surface area contributed by atoms with Crippen molar-refractivity contribution in [2.75, 3.05) is 13.2 Å². The fourth-order valence-corrected chi connectivity index (χ4v) is 3.59. The molecule has 1 amide bonds. The summed E-state index contributed by atoms with van der Waals surface area (Å²) >= 11 is 0. The van der Waals surface area contributed by atoms with Crippen molar-refractivity contribution in [3.05, 3.63) is 54.6 Å². The van der Waals surface area contributed by atoms with Crippen molar-refractivity contribution in [2.45, 2.75) is 32.4 Å². The van der Waals surface area contributed by atoms with Gasteiger partial charge in [0, 0.05) is 38.3 Å². The molecule has 136 valence electrons. The van der Waals surface area contributed by atoms with Gasteiger partial charge in [0.2, 0.25) is 0 Å². The lowest BCUT2D eigenvalue weighted by molar-refractivity contribution is 0.0498. The van der Waals surface area contributed by atoms with Crippen molar-refractivity contribution < 1.29 is 9.53 Å². The summed E-state index contributed by atoms with van der Waals surface area (Å²) in [5.41, 5.74) is 1.58. The van der Waals surface area contributed by atoms with E-state index in [4.69, 9.17) is 4.74 Å². The van der Waals surface area contributed by atoms with E-state index in [1.165, 1.54) is 0 Å². The van der Waals surface area contributed by atoms with E-state index in [0.717, 1.165) is 43.9 Å². The molecule has 1 unspecified atom stereocenters. The minimum absolute atomic E-state index is 0.0947. The SMILES string of the molecule is CCn1ccnc1C(NC(=O)c1ccc2cncn2c1)C1CCOCC1. The number of pyridine rings is 1. The number of carbonyl (C=O) groups is 1. The molecule has 1 aliphatic heterocycles. The van der Waals surface area contributed by atoms with E-state index >= 15 is 0 Å². The van der Waals surface area contributed by atoms with Crippen LogP contribution in [0.2, 0.25) is 0 Å². The summed E-state index contributed by atoms with van der Waals surface area (Å²) in [6.07, 6.45) is 10.9. The number of imidazole rings is 2. The zero-order chi connectivity index (χ0) is 17.9. The third kappa shape index (κ3) is 3.22. The van der Waals surface area contributed by atoms with Crippen molar-refractivity contribution in [3.63, 3.8) is 0 Å². The first-order chi connectivity index (χ1) is 12.8. The number of nitrogens with one attached hydrogen (secondary N) is 1. The van der Waals surface area contributed by atoms with E-state index in [0.29, 0.717) is 11.5 Å². The average Bonchev–Trinajstić information content (AvgIpc) is 3.34. The molecular weight excluding hydrogens is 330 g/mol. The van der Waals surface area contributed by atoms with Crippen LogP contribution in [0.25, 0.3) is 5.52 Å². The van der Waals surface area contributed by atoms with Crippen LogP contribution in [-0.2, 0) is 11.3 Å². The van der Waals surface area contributed by atoms with Crippen LogP contribution in [0.4, 0.5) is 0 Å². The van der Waals surface area contributed by atoms with Gasteiger partial charge in [0.15, 0.2) is 0 Å². The lowest BCUT2D eigenvalue weighted by Gasteiger charge is -2.31. The highest BCUT2D eigenvalue weighted by atomic mass is 16.5. The second kappa shape index (κ2) is 7.29. The predicted molar refractivity (Wildman–Crippen MR) is 96.8 cm³/mol. The lowest BCUT2D eigenvalue weighted by Crippen LogP contribution is -2.37. The summed E-state index contributed by atoms with van der Waals surface area (Å²) in [7, 11) is 0. The van der Waals surface area contributed by atoms with Crippen molar-refractivity contribution >= 4 is 11.4 Å². The lowest BCUT2D eigenvalue weighted by atomic mass is 9.90. The van der Waals surface area contributed by atoms with Gasteiger partial charge in [-0.1, -0.05) is 0 Å². The highest BCUT2D eigenvalue weighted by molar-refractivity contribution is 5.94. The maximum Gasteiger partial charge on any atom is 0.253 e. The predicted octanol–water partition coefficient (Wildman–Crippen LogP) is 2.45. The molecule has 1 N–H and O–H groups in total. The van der Waals surface area contributed by atoms with Gasteiger partial charge < -0.3 is 19.0 Å². The minimum atomic E-state index is -0.125. The summed E-state index contributed by atoms with van der Waals surface area (Å²) in [5.74, 6) is 1.14. The normalized spacial score (nSPS) is 16.7. The molecule has 0 radical (unpaired) electrons. The Hall–Kier alpha value is -2.67. The van der Waals surface area contributed by atoms with Crippen LogP contribution in [0.3, 0.4) is 0 Å². The third-order valence-corrected chi connectivity index (χ3v) is 5.06. The average molecular weight is 353 g/mol. The maximum absolute atomic E-state index is 12.9. The molecule has 3 aromatic heterocycles. The number of nitrogens with zero attached hydrogens (tertiary/aromatic N) is 4. The number of rotatable bonds is 5. The largest absolute Gasteiger partial charge is 0.381 e. The van der Waals surface area contributed by atoms with Crippen molar-refractivity contribution in [1.29, 1.82) is 0 Å². The van der Waals surface area contributed by atoms with Gasteiger partial charge in [-0.3, -0.25) is 4.79 Å². The van der Waals surface area contributed by atoms with Gasteiger partial charge in [-0.25, -0.2) is 9.97 Å². The molecule has 0 aliphatic carbocycles. The van der Waals surface area contributed by atoms with Crippen LogP contribution < -0.4 is 5.32 Å². The molecule has 0 aromatic carbocycles. The molecule has 1 atom stereocenters. The Kier molecular flexibility index (Phi) is 4.71. The molecule has 4 heterocycles. The molecule has 1 fully saturated rings. The van der Waals surface area contributed by atoms with Gasteiger partial charge in [0.25, 0.3) is 5.91 Å². The summed E-state index contributed by atoms with van der Waals surface area (Å²) in [5, 5.41) is 3.23. The molecule has 7 nitrogen and oxygen atoms in total. The quantitative estimate of drug-likeness (QED) is 0.765. The van der Waals surface area contributed by atoms with Crippen molar-refractivity contribution in [1.82, 2.24) is 24.3 Å². The molecular formula is C19H23N5O2. The van der Waals surface area contributed by atoms with Crippen LogP contribution >= 0.6 is 0 Å². The number of aromatic nitrogens is 4. The molecule has 4 rings (SSSR count). The fourth-order valence-electron chi connectivity index (χ4n) is 3.59. The molecule has 0 saturated carbocycles. The second-order valence-corrected chi connectivity index (χ2v) is 6.62. The number of fused-ring (bicyclic) bond motifs is 1. The zero-order valence-corrected chi connectivity index (χ0v) is 14.8. The van der Waals surface area contributed by atoms with E-state index < -0.39 is 0 Å². The van der Waals surface area contributed by atoms with Crippen LogP contribution in [0.15, 0.2) is 43.2 Å². The van der Waals surface area contributed by atoms with Gasteiger partial charge in [0.05, 0.1) is 29.6 Å². The van der Waals surface area contributed by atoms with E-state index in [-0.39, 0.29) is 11.9 Å². The van der Waals surface area contributed by atoms with Gasteiger partial charge >= 0.3 is 0 Å². The maximum atomic E-state index is 12.9. The third-order valence-electron chi connectivity index (χ3n) is 5.06. The fraction of sp³-hybridized carbons (Fsp3) is 0.421. The van der Waals surface area contributed by atoms with Crippen LogP contribution in [0.1, 0.15) is 42.0 Å². The summed E-state index contributed by atoms with van der Waals surface area (Å²) in [6.45, 7) is 4.36. The van der Waals surface area contributed by atoms with Gasteiger partial charge in [-0.2, -0.15) is 0 Å². The number of hydrogen-bond donors (Lipinski definition) is 1. The van der Waals surface area contributed by atoms with E-state index in [2.05, 4.69) is 26.8 Å². The molecule has 3 aromatic rings. The smallest absolute Gasteiger partial charge is 0.253 e. The van der Waals surface area contributed by atoms with Gasteiger partial charge in [0.1, 0.15) is 5.82 Å². The highest BCUT2D eigenvalue weighted by Gasteiger charge is 2.30. The second-order valence-electron chi connectivity index (χ2n) is 6.62. The molecule has 0 spiro atoms. The molecule has 0 bridgehead atoms. The Morgan fingerprint density at radius 1 is 1.38 bits per heavy atom. The van der Waals surface area contributed by atoms with Crippen molar-refractivity contribution in [2.24, 2.45) is 5.92 Å². The van der Waals surface area contributed by atoms with E-state index in [9.17, 15) is 4.79 Å². The Labute approximate surface area is 152 Å². The Balaban J connectivity index is 1.61. The standard InChI is InChI=1S/C19H23N5O2/c1-2-23-8-7-21-18(23)17(14-5-9-26-10-6-14)22-19(25)15-3-4-16-11-20-13-24(16)12-15/h3-4,7-8,11-14,17H,2,5-6,9-10H2,1H3,(H,22,25). The van der Waals surface area contributed by atoms with Crippen molar-refractivity contribution in [3.8, 4) is 0 Å². The van der Waals surface area contributed by atoms with Crippen LogP contribution in [0, 0.1) is 5.92 Å². The molecule has 26 heavy (non-hydrogen) atoms. The molecule has 1 aliphatic rings. The monoisotopic (exact) mass is 353 g/mol. The van der Waals surface area contributed by atoms with E-state index in [1.807, 2.05) is 28.9 Å². The number of amides is 1. The number of carbonyl (C=O) groups excluding carboxylic acids is 1. The topological polar surface area (TPSA) is 73.5 Å². The number of ether oxygens (including phenoxy) is 1. The van der Waals surface area contributed by atoms with E-state index in [1.54, 1.807) is 18.7 Å². The Morgan fingerprint density at radius 3 is 3.04 bits per heavy atom. The number of aryl methyl sites for hydroxylation is 1. The minimum Gasteiger partial charge on any atom is -0.381 e. The first kappa shape index (κ1) is 16.8. The molecule has 1 saturated heterocycles. The molecule has 7 heteroatoms. The zero-order valence-electron chi connectivity index (χ0n) is 14.8. The Bertz CT molecular complexity index is 894. The van der Waals surface area contributed by atoms with Crippen LogP contribution in [-0.4, -0.2) is 38.1 Å². The van der Waals surface area contributed by atoms with Gasteiger partial charge in [-0.05, 0) is 37.8 Å². The first-order valence-electron chi connectivity index (χ1n) is 9.07. The summed E-state index contributed by atoms with van der Waals surface area (Å²) in [6, 6.07) is 3.61. The Morgan fingerprint density at radius 2 is 2.23 bits per heavy atom. The first-order valence-corrected chi connectivity index (χ1v) is 9.07.